The Morgan fingerprint density at radius 3 is 3.00 bits per heavy atom. The van der Waals surface area contributed by atoms with Crippen molar-refractivity contribution in [3.8, 4) is 0 Å². The summed E-state index contributed by atoms with van der Waals surface area (Å²) in [4.78, 5) is 25.5. The van der Waals surface area contributed by atoms with Crippen LogP contribution in [0.25, 0.3) is 0 Å². The molecule has 75 valence electrons. The summed E-state index contributed by atoms with van der Waals surface area (Å²) < 4.78 is 0. The first kappa shape index (κ1) is 9.67. The molecule has 0 aromatic rings. The number of ketones is 1. The fourth-order valence-electron chi connectivity index (χ4n) is 1.63. The molecule has 0 aromatic carbocycles. The molecule has 1 N–H and O–H groups in total. The van der Waals surface area contributed by atoms with Crippen molar-refractivity contribution in [1.82, 2.24) is 5.06 Å². The molecule has 2 aliphatic heterocycles. The third-order valence-electron chi connectivity index (χ3n) is 2.31. The van der Waals surface area contributed by atoms with E-state index in [2.05, 4.69) is 11.3 Å². The van der Waals surface area contributed by atoms with Gasteiger partial charge in [-0.3, -0.25) is 14.8 Å². The van der Waals surface area contributed by atoms with Crippen molar-refractivity contribution in [2.75, 3.05) is 5.75 Å². The van der Waals surface area contributed by atoms with Gasteiger partial charge in [0, 0.05) is 5.25 Å². The molecule has 5 nitrogen and oxygen atoms in total. The molecular formula is C8H9N2O3S. The number of nitrogens with zero attached hydrogens (tertiary/aromatic N) is 2. The van der Waals surface area contributed by atoms with Crippen molar-refractivity contribution in [2.24, 2.45) is 4.99 Å². The van der Waals surface area contributed by atoms with E-state index in [0.717, 1.165) is 18.6 Å². The smallest absolute Gasteiger partial charge is 0.286 e. The van der Waals surface area contributed by atoms with Gasteiger partial charge in [0.2, 0.25) is 12.1 Å². The van der Waals surface area contributed by atoms with E-state index in [-0.39, 0.29) is 5.25 Å². The molecular weight excluding hydrogens is 204 g/mol. The van der Waals surface area contributed by atoms with E-state index >= 15 is 0 Å². The Labute approximate surface area is 85.1 Å². The van der Waals surface area contributed by atoms with Crippen molar-refractivity contribution in [3.63, 3.8) is 0 Å². The second-order valence-electron chi connectivity index (χ2n) is 3.22. The maximum Gasteiger partial charge on any atom is 0.317 e. The highest BCUT2D eigenvalue weighted by Gasteiger charge is 2.40. The van der Waals surface area contributed by atoms with Crippen LogP contribution in [-0.4, -0.2) is 45.3 Å². The highest BCUT2D eigenvalue weighted by molar-refractivity contribution is 8.00. The molecule has 6 heteroatoms. The van der Waals surface area contributed by atoms with Gasteiger partial charge in [-0.1, -0.05) is 0 Å². The van der Waals surface area contributed by atoms with Crippen LogP contribution >= 0.6 is 11.8 Å². The third kappa shape index (κ3) is 1.55. The molecule has 1 saturated heterocycles. The third-order valence-corrected chi connectivity index (χ3v) is 3.76. The van der Waals surface area contributed by atoms with Gasteiger partial charge in [-0.05, 0) is 18.6 Å². The van der Waals surface area contributed by atoms with Crippen molar-refractivity contribution in [2.45, 2.75) is 24.1 Å². The first-order valence-electron chi connectivity index (χ1n) is 4.34. The second-order valence-corrected chi connectivity index (χ2v) is 4.57. The van der Waals surface area contributed by atoms with Gasteiger partial charge in [-0.25, -0.2) is 5.06 Å². The summed E-state index contributed by atoms with van der Waals surface area (Å²) in [6.45, 7) is 0. The van der Waals surface area contributed by atoms with Crippen LogP contribution in [-0.2, 0) is 9.59 Å². The highest BCUT2D eigenvalue weighted by atomic mass is 32.2. The lowest BCUT2D eigenvalue weighted by atomic mass is 10.0. The monoisotopic (exact) mass is 213 g/mol. The van der Waals surface area contributed by atoms with Crippen LogP contribution in [0.15, 0.2) is 4.99 Å². The Bertz CT molecular complexity index is 299. The lowest BCUT2D eigenvalue weighted by Gasteiger charge is -2.27. The summed E-state index contributed by atoms with van der Waals surface area (Å²) in [5, 5.41) is 9.98. The van der Waals surface area contributed by atoms with Gasteiger partial charge in [0.15, 0.2) is 0 Å². The van der Waals surface area contributed by atoms with Crippen molar-refractivity contribution in [3.05, 3.63) is 0 Å². The molecule has 2 unspecified atom stereocenters. The molecule has 1 fully saturated rings. The molecule has 2 heterocycles. The van der Waals surface area contributed by atoms with Gasteiger partial charge >= 0.3 is 5.91 Å². The number of hydroxylamine groups is 2. The minimum atomic E-state index is -0.812. The lowest BCUT2D eigenvalue weighted by Crippen LogP contribution is -2.50. The van der Waals surface area contributed by atoms with Gasteiger partial charge in [0.1, 0.15) is 6.04 Å². The van der Waals surface area contributed by atoms with Crippen molar-refractivity contribution >= 4 is 29.8 Å². The number of aliphatic imine (C=N–C) groups is 1. The molecule has 2 rings (SSSR count). The Hall–Kier alpha value is -0.880. The summed E-state index contributed by atoms with van der Waals surface area (Å²) in [6.07, 6.45) is 3.97. The van der Waals surface area contributed by atoms with Crippen LogP contribution < -0.4 is 0 Å². The average Bonchev–Trinajstić information content (AvgIpc) is 2.65. The number of hydrogen-bond acceptors (Lipinski definition) is 5. The van der Waals surface area contributed by atoms with E-state index < -0.39 is 17.7 Å². The summed E-state index contributed by atoms with van der Waals surface area (Å²) in [6, 6.07) is -0.785. The zero-order valence-electron chi connectivity index (χ0n) is 7.34. The molecule has 0 bridgehead atoms. The van der Waals surface area contributed by atoms with Crippen LogP contribution in [0.5, 0.6) is 0 Å². The predicted molar refractivity (Wildman–Crippen MR) is 50.3 cm³/mol. The molecule has 1 radical (unpaired) electrons. The van der Waals surface area contributed by atoms with Gasteiger partial charge < -0.3 is 0 Å². The van der Waals surface area contributed by atoms with Gasteiger partial charge in [-0.15, -0.1) is 0 Å². The number of rotatable bonds is 1. The molecule has 2 aliphatic rings. The zero-order valence-corrected chi connectivity index (χ0v) is 8.16. The fraction of sp³-hybridized carbons (Fsp3) is 0.625. The van der Waals surface area contributed by atoms with Gasteiger partial charge in [0.05, 0.1) is 0 Å². The van der Waals surface area contributed by atoms with Gasteiger partial charge in [0.25, 0.3) is 0 Å². The van der Waals surface area contributed by atoms with E-state index in [9.17, 15) is 14.8 Å². The fourth-order valence-corrected chi connectivity index (χ4v) is 3.02. The number of carbonyl (C=O) groups excluding carboxylic acids is 2. The summed E-state index contributed by atoms with van der Waals surface area (Å²) in [5.41, 5.74) is 0. The van der Waals surface area contributed by atoms with Crippen LogP contribution in [0, 0.1) is 0 Å². The Balaban J connectivity index is 2.19. The molecule has 2 atom stereocenters. The SMILES string of the molecule is O=C1N=[C]N(O)C(C2CCCS2)C1=O. The van der Waals surface area contributed by atoms with Crippen molar-refractivity contribution < 1.29 is 14.8 Å². The van der Waals surface area contributed by atoms with E-state index in [1.807, 2.05) is 0 Å². The number of carbonyl (C=O) groups is 2. The topological polar surface area (TPSA) is 70.0 Å². The minimum Gasteiger partial charge on any atom is -0.286 e. The Kier molecular flexibility index (Phi) is 2.56. The first-order valence-corrected chi connectivity index (χ1v) is 5.39. The van der Waals surface area contributed by atoms with E-state index in [1.165, 1.54) is 0 Å². The largest absolute Gasteiger partial charge is 0.317 e. The molecule has 0 aromatic heterocycles. The average molecular weight is 213 g/mol. The van der Waals surface area contributed by atoms with Crippen molar-refractivity contribution in [1.29, 1.82) is 0 Å². The zero-order chi connectivity index (χ0) is 10.1. The van der Waals surface area contributed by atoms with E-state index in [1.54, 1.807) is 11.8 Å². The normalized spacial score (nSPS) is 32.8. The maximum atomic E-state index is 11.4. The minimum absolute atomic E-state index is 0.0144. The highest BCUT2D eigenvalue weighted by Crippen LogP contribution is 2.31. The van der Waals surface area contributed by atoms with Crippen LogP contribution in [0.4, 0.5) is 0 Å². The predicted octanol–water partition coefficient (Wildman–Crippen LogP) is -0.0436. The maximum absolute atomic E-state index is 11.4. The molecule has 0 saturated carbocycles. The number of thioether (sulfide) groups is 1. The summed E-state index contributed by atoms with van der Waals surface area (Å²) in [5.74, 6) is -0.480. The molecule has 14 heavy (non-hydrogen) atoms. The lowest BCUT2D eigenvalue weighted by molar-refractivity contribution is -0.147. The summed E-state index contributed by atoms with van der Waals surface area (Å²) >= 11 is 1.60. The first-order chi connectivity index (χ1) is 6.70. The number of amides is 1. The van der Waals surface area contributed by atoms with E-state index in [0.29, 0.717) is 5.06 Å². The van der Waals surface area contributed by atoms with Gasteiger partial charge in [-0.2, -0.15) is 16.8 Å². The molecule has 0 spiro atoms. The number of hydrogen-bond donors (Lipinski definition) is 1. The second kappa shape index (κ2) is 3.70. The summed E-state index contributed by atoms with van der Waals surface area (Å²) in [7, 11) is 0. The number of Topliss-reactive ketones (excluding diaryl/α,β-unsaturated/α-hetero) is 1. The Morgan fingerprint density at radius 1 is 1.57 bits per heavy atom. The Morgan fingerprint density at radius 2 is 2.36 bits per heavy atom. The molecule has 1 amide bonds. The van der Waals surface area contributed by atoms with Crippen LogP contribution in [0.2, 0.25) is 0 Å². The molecule has 0 aliphatic carbocycles. The standard InChI is InChI=1S/C8H9N2O3S/c11-7-6(5-2-1-3-14-5)10(13)4-9-8(7)12/h5-6,13H,1-3H2. The van der Waals surface area contributed by atoms with E-state index in [4.69, 9.17) is 0 Å². The van der Waals surface area contributed by atoms with Crippen LogP contribution in [0.1, 0.15) is 12.8 Å². The van der Waals surface area contributed by atoms with Crippen LogP contribution in [0.3, 0.4) is 0 Å². The quantitative estimate of drug-likeness (QED) is 0.619.